The molecule has 0 atom stereocenters. The van der Waals surface area contributed by atoms with Gasteiger partial charge in [0, 0.05) is 31.7 Å². The number of anilines is 1. The van der Waals surface area contributed by atoms with Crippen LogP contribution in [-0.2, 0) is 21.4 Å². The average molecular weight is 478 g/mol. The Morgan fingerprint density at radius 2 is 1.94 bits per heavy atom. The number of esters is 1. The Kier molecular flexibility index (Phi) is 7.35. The lowest BCUT2D eigenvalue weighted by Crippen LogP contribution is -2.23. The highest BCUT2D eigenvalue weighted by Crippen LogP contribution is 2.28. The Labute approximate surface area is 191 Å². The number of carbonyl (C=O) groups excluding carboxylic acids is 1. The monoisotopic (exact) mass is 477 g/mol. The second kappa shape index (κ2) is 9.83. The number of ether oxygens (including phenoxy) is 1. The molecule has 0 spiro atoms. The zero-order valence-electron chi connectivity index (χ0n) is 17.9. The third-order valence-corrected chi connectivity index (χ3v) is 7.22. The molecule has 0 aliphatic heterocycles. The standard InChI is InChI=1S/C22H24ClN3O5S/c1-14-16-6-4-5-7-19(16)25-20(21(14)23)13-31-22(28)17-12-15(32(29,30)26(2)3)8-9-18(17)24-10-11-27/h4-9,12,24,27H,10-11,13H2,1-3H3. The van der Waals surface area contributed by atoms with E-state index in [-0.39, 0.29) is 30.2 Å². The van der Waals surface area contributed by atoms with E-state index < -0.39 is 16.0 Å². The van der Waals surface area contributed by atoms with Crippen LogP contribution >= 0.6 is 11.6 Å². The highest BCUT2D eigenvalue weighted by molar-refractivity contribution is 7.89. The number of carbonyl (C=O) groups is 1. The topological polar surface area (TPSA) is 109 Å². The van der Waals surface area contributed by atoms with Gasteiger partial charge in [0.05, 0.1) is 33.3 Å². The summed E-state index contributed by atoms with van der Waals surface area (Å²) in [4.78, 5) is 17.3. The molecule has 0 radical (unpaired) electrons. The maximum absolute atomic E-state index is 12.9. The minimum Gasteiger partial charge on any atom is -0.455 e. The number of nitrogens with zero attached hydrogens (tertiary/aromatic N) is 2. The van der Waals surface area contributed by atoms with Gasteiger partial charge in [-0.15, -0.1) is 0 Å². The van der Waals surface area contributed by atoms with E-state index in [0.717, 1.165) is 20.8 Å². The van der Waals surface area contributed by atoms with Crippen molar-refractivity contribution in [3.8, 4) is 0 Å². The van der Waals surface area contributed by atoms with Crippen LogP contribution in [-0.4, -0.2) is 56.0 Å². The summed E-state index contributed by atoms with van der Waals surface area (Å²) in [5.41, 5.74) is 2.32. The Hall–Kier alpha value is -2.72. The number of halogens is 1. The van der Waals surface area contributed by atoms with Crippen LogP contribution in [0.25, 0.3) is 10.9 Å². The van der Waals surface area contributed by atoms with Crippen molar-refractivity contribution < 1.29 is 23.1 Å². The van der Waals surface area contributed by atoms with Crippen molar-refractivity contribution in [2.45, 2.75) is 18.4 Å². The number of pyridine rings is 1. The van der Waals surface area contributed by atoms with E-state index >= 15 is 0 Å². The number of fused-ring (bicyclic) bond motifs is 1. The molecule has 0 fully saturated rings. The number of aryl methyl sites for hydroxylation is 1. The second-order valence-electron chi connectivity index (χ2n) is 7.24. The van der Waals surface area contributed by atoms with Crippen LogP contribution in [0.2, 0.25) is 5.02 Å². The highest BCUT2D eigenvalue weighted by atomic mass is 35.5. The number of sulfonamides is 1. The number of hydrogen-bond donors (Lipinski definition) is 2. The average Bonchev–Trinajstić information content (AvgIpc) is 2.78. The van der Waals surface area contributed by atoms with Crippen molar-refractivity contribution in [3.63, 3.8) is 0 Å². The molecule has 3 aromatic rings. The van der Waals surface area contributed by atoms with E-state index in [1.54, 1.807) is 0 Å². The van der Waals surface area contributed by atoms with E-state index in [1.807, 2.05) is 31.2 Å². The molecule has 0 amide bonds. The molecule has 2 N–H and O–H groups in total. The van der Waals surface area contributed by atoms with Gasteiger partial charge in [0.1, 0.15) is 6.61 Å². The maximum atomic E-state index is 12.9. The van der Waals surface area contributed by atoms with Crippen molar-refractivity contribution in [2.75, 3.05) is 32.6 Å². The molecular formula is C22H24ClN3O5S. The van der Waals surface area contributed by atoms with Crippen molar-refractivity contribution >= 4 is 44.2 Å². The van der Waals surface area contributed by atoms with E-state index in [2.05, 4.69) is 10.3 Å². The first-order valence-corrected chi connectivity index (χ1v) is 11.6. The molecular weight excluding hydrogens is 454 g/mol. The number of rotatable bonds is 8. The molecule has 0 aliphatic rings. The summed E-state index contributed by atoms with van der Waals surface area (Å²) in [5.74, 6) is -0.745. The van der Waals surface area contributed by atoms with Crippen molar-refractivity contribution in [3.05, 3.63) is 64.3 Å². The number of para-hydroxylation sites is 1. The van der Waals surface area contributed by atoms with Crippen LogP contribution in [0.15, 0.2) is 47.4 Å². The number of aliphatic hydroxyl groups excluding tert-OH is 1. The van der Waals surface area contributed by atoms with Crippen LogP contribution in [0.4, 0.5) is 5.69 Å². The summed E-state index contributed by atoms with van der Waals surface area (Å²) < 4.78 is 31.5. The zero-order valence-corrected chi connectivity index (χ0v) is 19.5. The highest BCUT2D eigenvalue weighted by Gasteiger charge is 2.22. The number of hydrogen-bond acceptors (Lipinski definition) is 7. The van der Waals surface area contributed by atoms with Crippen LogP contribution in [0.1, 0.15) is 21.6 Å². The van der Waals surface area contributed by atoms with E-state index in [1.165, 1.54) is 32.3 Å². The molecule has 0 bridgehead atoms. The molecule has 8 nitrogen and oxygen atoms in total. The van der Waals surface area contributed by atoms with Crippen molar-refractivity contribution in [2.24, 2.45) is 0 Å². The zero-order chi connectivity index (χ0) is 23.5. The first-order valence-electron chi connectivity index (χ1n) is 9.79. The molecule has 1 heterocycles. The summed E-state index contributed by atoms with van der Waals surface area (Å²) in [6, 6.07) is 11.6. The van der Waals surface area contributed by atoms with Crippen molar-refractivity contribution in [1.29, 1.82) is 0 Å². The Morgan fingerprint density at radius 1 is 1.22 bits per heavy atom. The molecule has 2 aromatic carbocycles. The summed E-state index contributed by atoms with van der Waals surface area (Å²) >= 11 is 6.44. The van der Waals surface area contributed by atoms with Gasteiger partial charge in [0.2, 0.25) is 10.0 Å². The van der Waals surface area contributed by atoms with Gasteiger partial charge in [0.15, 0.2) is 0 Å². The molecule has 3 rings (SSSR count). The van der Waals surface area contributed by atoms with Gasteiger partial charge in [-0.2, -0.15) is 0 Å². The van der Waals surface area contributed by atoms with E-state index in [0.29, 0.717) is 16.4 Å². The lowest BCUT2D eigenvalue weighted by Gasteiger charge is -2.16. The fourth-order valence-corrected chi connectivity index (χ4v) is 4.26. The largest absolute Gasteiger partial charge is 0.455 e. The predicted molar refractivity (Wildman–Crippen MR) is 123 cm³/mol. The fourth-order valence-electron chi connectivity index (χ4n) is 3.13. The Morgan fingerprint density at radius 3 is 2.62 bits per heavy atom. The molecule has 10 heteroatoms. The molecule has 0 aliphatic carbocycles. The first kappa shape index (κ1) is 23.9. The Balaban J connectivity index is 1.93. The van der Waals surface area contributed by atoms with Gasteiger partial charge < -0.3 is 15.2 Å². The number of aromatic nitrogens is 1. The minimum absolute atomic E-state index is 0.0232. The first-order chi connectivity index (χ1) is 15.2. The number of aliphatic hydroxyl groups is 1. The SMILES string of the molecule is Cc1c(Cl)c(COC(=O)c2cc(S(=O)(=O)N(C)C)ccc2NCCO)nc2ccccc12. The van der Waals surface area contributed by atoms with Gasteiger partial charge in [-0.25, -0.2) is 22.5 Å². The molecule has 0 saturated carbocycles. The van der Waals surface area contributed by atoms with Crippen molar-refractivity contribution in [1.82, 2.24) is 9.29 Å². The van der Waals surface area contributed by atoms with Crippen LogP contribution in [0.5, 0.6) is 0 Å². The number of benzene rings is 2. The molecule has 1 aromatic heterocycles. The molecule has 0 unspecified atom stereocenters. The van der Waals surface area contributed by atoms with E-state index in [9.17, 15) is 13.2 Å². The van der Waals surface area contributed by atoms with E-state index in [4.69, 9.17) is 21.4 Å². The van der Waals surface area contributed by atoms with Gasteiger partial charge >= 0.3 is 5.97 Å². The fraction of sp³-hybridized carbons (Fsp3) is 0.273. The van der Waals surface area contributed by atoms with Gasteiger partial charge in [-0.05, 0) is 36.8 Å². The van der Waals surface area contributed by atoms with Crippen LogP contribution < -0.4 is 5.32 Å². The predicted octanol–water partition coefficient (Wildman–Crippen LogP) is 3.21. The third kappa shape index (κ3) is 4.86. The van der Waals surface area contributed by atoms with Crippen LogP contribution in [0.3, 0.4) is 0 Å². The Bertz CT molecular complexity index is 1260. The smallest absolute Gasteiger partial charge is 0.340 e. The van der Waals surface area contributed by atoms with Gasteiger partial charge in [0.25, 0.3) is 0 Å². The molecule has 0 saturated heterocycles. The quantitative estimate of drug-likeness (QED) is 0.479. The van der Waals surface area contributed by atoms with Gasteiger partial charge in [-0.3, -0.25) is 0 Å². The van der Waals surface area contributed by atoms with Crippen LogP contribution in [0, 0.1) is 6.92 Å². The lowest BCUT2D eigenvalue weighted by molar-refractivity contribution is 0.0469. The second-order valence-corrected chi connectivity index (χ2v) is 9.77. The summed E-state index contributed by atoms with van der Waals surface area (Å²) in [6.45, 7) is 1.69. The normalized spacial score (nSPS) is 11.7. The molecule has 32 heavy (non-hydrogen) atoms. The lowest BCUT2D eigenvalue weighted by atomic mass is 10.1. The molecule has 170 valence electrons. The van der Waals surface area contributed by atoms with Gasteiger partial charge in [-0.1, -0.05) is 29.8 Å². The third-order valence-electron chi connectivity index (χ3n) is 4.90. The summed E-state index contributed by atoms with van der Waals surface area (Å²) in [6.07, 6.45) is 0. The maximum Gasteiger partial charge on any atom is 0.340 e. The summed E-state index contributed by atoms with van der Waals surface area (Å²) in [7, 11) is -0.952. The number of nitrogens with one attached hydrogen (secondary N) is 1. The minimum atomic E-state index is -3.76. The summed E-state index contributed by atoms with van der Waals surface area (Å²) in [5, 5.41) is 13.3.